The van der Waals surface area contributed by atoms with Gasteiger partial charge in [-0.15, -0.1) is 0 Å². The Morgan fingerprint density at radius 2 is 1.13 bits per heavy atom. The van der Waals surface area contributed by atoms with Gasteiger partial charge in [0.05, 0.1) is 25.4 Å². The van der Waals surface area contributed by atoms with Crippen molar-refractivity contribution in [1.82, 2.24) is 4.57 Å². The summed E-state index contributed by atoms with van der Waals surface area (Å²) in [5.74, 6) is 0. The van der Waals surface area contributed by atoms with Gasteiger partial charge in [-0.05, 0) is 101 Å². The first-order valence-corrected chi connectivity index (χ1v) is 15.2. The van der Waals surface area contributed by atoms with E-state index < -0.39 is 0 Å². The maximum absolute atomic E-state index is 9.37. The molecule has 0 atom stereocenters. The van der Waals surface area contributed by atoms with E-state index in [1.807, 2.05) is 103 Å². The van der Waals surface area contributed by atoms with Crippen molar-refractivity contribution < 1.29 is 2.74 Å². The summed E-state index contributed by atoms with van der Waals surface area (Å²) in [6.07, 6.45) is 0. The minimum absolute atomic E-state index is 0.156. The van der Waals surface area contributed by atoms with Gasteiger partial charge in [0.1, 0.15) is 0 Å². The van der Waals surface area contributed by atoms with Crippen molar-refractivity contribution in [2.24, 2.45) is 0 Å². The predicted molar refractivity (Wildman–Crippen MR) is 193 cm³/mol. The zero-order chi connectivity index (χ0) is 32.6. The molecule has 7 aromatic carbocycles. The van der Waals surface area contributed by atoms with E-state index in [1.165, 1.54) is 0 Å². The summed E-state index contributed by atoms with van der Waals surface area (Å²) in [6.45, 7) is 0. The zero-order valence-corrected chi connectivity index (χ0v) is 24.9. The Bertz CT molecular complexity index is 2520. The molecule has 1 heterocycles. The molecule has 0 saturated carbocycles. The fourth-order valence-electron chi connectivity index (χ4n) is 6.19. The number of hydrogen-bond acceptors (Lipinski definition) is 2. The lowest BCUT2D eigenvalue weighted by molar-refractivity contribution is 1.18. The zero-order valence-electron chi connectivity index (χ0n) is 26.9. The third-order valence-electron chi connectivity index (χ3n) is 8.41. The van der Waals surface area contributed by atoms with Crippen LogP contribution in [-0.4, -0.2) is 4.57 Å². The predicted octanol–water partition coefficient (Wildman–Crippen LogP) is 11.4. The van der Waals surface area contributed by atoms with Crippen LogP contribution in [0.25, 0.3) is 50.4 Å². The number of para-hydroxylation sites is 2. The molecule has 1 aromatic heterocycles. The van der Waals surface area contributed by atoms with Gasteiger partial charge in [0.2, 0.25) is 0 Å². The Labute approximate surface area is 270 Å². The van der Waals surface area contributed by atoms with Gasteiger partial charge in [-0.2, -0.15) is 5.26 Å². The molecule has 0 amide bonds. The van der Waals surface area contributed by atoms with Crippen LogP contribution < -0.4 is 4.90 Å². The number of hydrogen-bond donors (Lipinski definition) is 0. The largest absolute Gasteiger partial charge is 0.310 e. The fourth-order valence-corrected chi connectivity index (χ4v) is 6.19. The van der Waals surface area contributed by atoms with Gasteiger partial charge in [0.15, 0.2) is 0 Å². The van der Waals surface area contributed by atoms with Gasteiger partial charge >= 0.3 is 0 Å². The summed E-state index contributed by atoms with van der Waals surface area (Å²) < 4.78 is 20.4. The van der Waals surface area contributed by atoms with Crippen LogP contribution in [0.5, 0.6) is 0 Å². The van der Waals surface area contributed by atoms with Crippen LogP contribution >= 0.6 is 0 Å². The SMILES string of the molecule is [2H]/C(=C(/[2H])c1ccc2c(c1)c1ccccc1n2-c1ccccc1)c1ccc(N(c2ccc(C#N)cc2)c2ccc3ccccc3c2)cc1. The van der Waals surface area contributed by atoms with E-state index >= 15 is 0 Å². The second kappa shape index (κ2) is 11.6. The molecule has 216 valence electrons. The molecule has 8 rings (SSSR count). The number of aromatic nitrogens is 1. The van der Waals surface area contributed by atoms with Crippen molar-refractivity contribution in [2.75, 3.05) is 4.90 Å². The van der Waals surface area contributed by atoms with E-state index in [2.05, 4.69) is 76.2 Å². The summed E-state index contributed by atoms with van der Waals surface area (Å²) in [6, 6.07) is 57.1. The molecular weight excluding hydrogens is 558 g/mol. The molecule has 0 N–H and O–H groups in total. The van der Waals surface area contributed by atoms with Crippen molar-refractivity contribution in [2.45, 2.75) is 0 Å². The first-order valence-electron chi connectivity index (χ1n) is 16.2. The summed E-state index contributed by atoms with van der Waals surface area (Å²) in [4.78, 5) is 2.14. The average Bonchev–Trinajstić information content (AvgIpc) is 3.49. The molecule has 0 aliphatic rings. The van der Waals surface area contributed by atoms with Crippen LogP contribution in [0, 0.1) is 11.3 Å². The van der Waals surface area contributed by atoms with E-state index in [1.54, 1.807) is 0 Å². The van der Waals surface area contributed by atoms with Gasteiger partial charge in [0.25, 0.3) is 0 Å². The fraction of sp³-hybridized carbons (Fsp3) is 0. The smallest absolute Gasteiger partial charge is 0.0991 e. The van der Waals surface area contributed by atoms with Crippen molar-refractivity contribution >= 4 is 61.7 Å². The molecule has 0 saturated heterocycles. The molecule has 3 heteroatoms. The summed E-state index contributed by atoms with van der Waals surface area (Å²) >= 11 is 0. The third kappa shape index (κ3) is 4.99. The first kappa shape index (κ1) is 25.0. The number of rotatable bonds is 6. The first-order chi connectivity index (χ1) is 23.6. The maximum Gasteiger partial charge on any atom is 0.0991 e. The molecule has 0 aliphatic heterocycles. The molecule has 3 nitrogen and oxygen atoms in total. The van der Waals surface area contributed by atoms with Crippen molar-refractivity contribution in [3.8, 4) is 11.8 Å². The molecule has 0 spiro atoms. The summed E-state index contributed by atoms with van der Waals surface area (Å²) in [5.41, 5.74) is 8.02. The summed E-state index contributed by atoms with van der Waals surface area (Å²) in [5, 5.41) is 13.8. The number of nitriles is 1. The van der Waals surface area contributed by atoms with E-state index in [0.29, 0.717) is 16.7 Å². The van der Waals surface area contributed by atoms with Gasteiger partial charge in [-0.3, -0.25) is 0 Å². The molecule has 0 fully saturated rings. The Balaban J connectivity index is 1.18. The molecule has 0 aliphatic carbocycles. The van der Waals surface area contributed by atoms with Crippen LogP contribution in [0.1, 0.15) is 19.4 Å². The highest BCUT2D eigenvalue weighted by Gasteiger charge is 2.14. The molecular formula is C43H29N3. The Morgan fingerprint density at radius 1 is 0.522 bits per heavy atom. The normalized spacial score (nSPS) is 12.4. The monoisotopic (exact) mass is 589 g/mol. The molecule has 0 bridgehead atoms. The van der Waals surface area contributed by atoms with Crippen LogP contribution in [0.15, 0.2) is 164 Å². The van der Waals surface area contributed by atoms with E-state index in [9.17, 15) is 5.26 Å². The number of benzene rings is 7. The highest BCUT2D eigenvalue weighted by atomic mass is 15.1. The van der Waals surface area contributed by atoms with Gasteiger partial charge in [-0.1, -0.05) is 97.0 Å². The second-order valence-corrected chi connectivity index (χ2v) is 11.2. The summed E-state index contributed by atoms with van der Waals surface area (Å²) in [7, 11) is 0. The number of anilines is 3. The lowest BCUT2D eigenvalue weighted by Gasteiger charge is -2.26. The van der Waals surface area contributed by atoms with Crippen LogP contribution in [0.2, 0.25) is 0 Å². The highest BCUT2D eigenvalue weighted by molar-refractivity contribution is 6.10. The van der Waals surface area contributed by atoms with Crippen LogP contribution in [-0.2, 0) is 0 Å². The lowest BCUT2D eigenvalue weighted by Crippen LogP contribution is -2.09. The van der Waals surface area contributed by atoms with Crippen molar-refractivity contribution in [1.29, 1.82) is 5.26 Å². The Hall–Kier alpha value is -6.37. The molecule has 0 unspecified atom stereocenters. The Kier molecular flexibility index (Phi) is 6.31. The van der Waals surface area contributed by atoms with Gasteiger partial charge in [0, 0.05) is 33.5 Å². The molecule has 0 radical (unpaired) electrons. The van der Waals surface area contributed by atoms with E-state index in [4.69, 9.17) is 2.74 Å². The van der Waals surface area contributed by atoms with E-state index in [-0.39, 0.29) is 12.1 Å². The van der Waals surface area contributed by atoms with Crippen LogP contribution in [0.3, 0.4) is 0 Å². The topological polar surface area (TPSA) is 32.0 Å². The standard InChI is InChI=1S/C43H29N3/c44-30-33-18-24-38(25-19-33)45(39-26-21-34-8-4-5-9-35(34)29-39)37-22-16-31(17-23-37)14-15-32-20-27-43-41(28-32)40-12-6-7-13-42(40)46(43)36-10-2-1-3-11-36/h1-29H/b15-14+/i14D,15D. The third-order valence-corrected chi connectivity index (χ3v) is 8.41. The van der Waals surface area contributed by atoms with Crippen LogP contribution in [0.4, 0.5) is 17.1 Å². The second-order valence-electron chi connectivity index (χ2n) is 11.2. The van der Waals surface area contributed by atoms with E-state index in [0.717, 1.165) is 55.3 Å². The van der Waals surface area contributed by atoms with Gasteiger partial charge in [-0.25, -0.2) is 0 Å². The number of nitrogens with zero attached hydrogens (tertiary/aromatic N) is 3. The minimum Gasteiger partial charge on any atom is -0.310 e. The van der Waals surface area contributed by atoms with Crippen molar-refractivity contribution in [3.63, 3.8) is 0 Å². The average molecular weight is 590 g/mol. The highest BCUT2D eigenvalue weighted by Crippen LogP contribution is 2.37. The van der Waals surface area contributed by atoms with Gasteiger partial charge < -0.3 is 9.47 Å². The maximum atomic E-state index is 9.37. The van der Waals surface area contributed by atoms with Crippen molar-refractivity contribution in [3.05, 3.63) is 180 Å². The molecule has 46 heavy (non-hydrogen) atoms. The quantitative estimate of drug-likeness (QED) is 0.181. The lowest BCUT2D eigenvalue weighted by atomic mass is 10.1. The minimum atomic E-state index is 0.156. The Morgan fingerprint density at radius 3 is 1.91 bits per heavy atom. The number of fused-ring (bicyclic) bond motifs is 4. The molecule has 8 aromatic rings.